The summed E-state index contributed by atoms with van der Waals surface area (Å²) in [5, 5.41) is 23.0. The fourth-order valence-electron chi connectivity index (χ4n) is 5.16. The maximum Gasteiger partial charge on any atom is 0.226 e. The van der Waals surface area contributed by atoms with Gasteiger partial charge in [-0.05, 0) is 50.4 Å². The normalized spacial score (nSPS) is 40.0. The number of carbonyl (C=O) groups is 1. The number of nitrogens with one attached hydrogen (secondary N) is 1. The van der Waals surface area contributed by atoms with Crippen LogP contribution in [0.2, 0.25) is 0 Å². The largest absolute Gasteiger partial charge is 0.395 e. The fraction of sp³-hybridized carbons (Fsp3) is 0.950. The summed E-state index contributed by atoms with van der Waals surface area (Å²) in [4.78, 5) is 14.8. The molecule has 6 nitrogen and oxygen atoms in total. The minimum Gasteiger partial charge on any atom is -0.395 e. The van der Waals surface area contributed by atoms with E-state index >= 15 is 0 Å². The van der Waals surface area contributed by atoms with E-state index in [0.717, 1.165) is 51.6 Å². The number of alkyl halides is 1. The van der Waals surface area contributed by atoms with Crippen LogP contribution in [0, 0.1) is 23.7 Å². The van der Waals surface area contributed by atoms with Crippen molar-refractivity contribution in [1.29, 1.82) is 0 Å². The van der Waals surface area contributed by atoms with Gasteiger partial charge >= 0.3 is 0 Å². The molecule has 6 unspecified atom stereocenters. The van der Waals surface area contributed by atoms with Crippen LogP contribution in [0.3, 0.4) is 0 Å². The van der Waals surface area contributed by atoms with Crippen LogP contribution in [0.25, 0.3) is 0 Å². The van der Waals surface area contributed by atoms with Gasteiger partial charge in [0.2, 0.25) is 5.91 Å². The highest BCUT2D eigenvalue weighted by molar-refractivity contribution is 6.20. The maximum absolute atomic E-state index is 12.8. The number of aliphatic hydroxyl groups is 2. The van der Waals surface area contributed by atoms with Gasteiger partial charge in [-0.1, -0.05) is 6.92 Å². The first-order valence-corrected chi connectivity index (χ1v) is 11.0. The summed E-state index contributed by atoms with van der Waals surface area (Å²) in [5.74, 6) is 0.997. The van der Waals surface area contributed by atoms with Crippen LogP contribution in [0.5, 0.6) is 0 Å². The predicted molar refractivity (Wildman–Crippen MR) is 106 cm³/mol. The highest BCUT2D eigenvalue weighted by Crippen LogP contribution is 2.37. The summed E-state index contributed by atoms with van der Waals surface area (Å²) >= 11 is 6.44. The molecule has 3 aliphatic rings. The molecule has 5 N–H and O–H groups in total. The van der Waals surface area contributed by atoms with Gasteiger partial charge < -0.3 is 26.2 Å². The number of rotatable bonds is 4. The zero-order chi connectivity index (χ0) is 19.6. The number of hydrogen-bond donors (Lipinski definition) is 4. The fourth-order valence-corrected chi connectivity index (χ4v) is 5.47. The van der Waals surface area contributed by atoms with Gasteiger partial charge in [0.15, 0.2) is 0 Å². The van der Waals surface area contributed by atoms with E-state index in [1.165, 1.54) is 0 Å². The van der Waals surface area contributed by atoms with Crippen LogP contribution in [0.1, 0.15) is 45.4 Å². The minimum atomic E-state index is -0.363. The second kappa shape index (κ2) is 9.40. The second-order valence-electron chi connectivity index (χ2n) is 9.00. The molecule has 156 valence electrons. The number of halogens is 1. The van der Waals surface area contributed by atoms with Crippen LogP contribution in [0.15, 0.2) is 0 Å². The van der Waals surface area contributed by atoms with Crippen molar-refractivity contribution in [2.24, 2.45) is 29.4 Å². The molecule has 27 heavy (non-hydrogen) atoms. The molecule has 2 aliphatic heterocycles. The van der Waals surface area contributed by atoms with Gasteiger partial charge in [-0.15, -0.1) is 11.6 Å². The quantitative estimate of drug-likeness (QED) is 0.525. The molecular formula is C20H36ClN3O3. The summed E-state index contributed by atoms with van der Waals surface area (Å²) in [5.41, 5.74) is 6.56. The summed E-state index contributed by atoms with van der Waals surface area (Å²) in [7, 11) is 0. The number of carbonyl (C=O) groups excluding carboxylic acids is 1. The molecule has 1 aliphatic carbocycles. The van der Waals surface area contributed by atoms with Gasteiger partial charge in [0.1, 0.15) is 0 Å². The Hall–Kier alpha value is -0.400. The molecule has 0 spiro atoms. The monoisotopic (exact) mass is 401 g/mol. The zero-order valence-electron chi connectivity index (χ0n) is 16.4. The van der Waals surface area contributed by atoms with E-state index in [4.69, 9.17) is 17.3 Å². The first-order chi connectivity index (χ1) is 12.9. The number of aliphatic hydroxyl groups excluding tert-OH is 2. The van der Waals surface area contributed by atoms with Crippen LogP contribution in [-0.4, -0.2) is 70.8 Å². The molecule has 0 aromatic carbocycles. The van der Waals surface area contributed by atoms with E-state index in [9.17, 15) is 15.0 Å². The topological polar surface area (TPSA) is 98.8 Å². The van der Waals surface area contributed by atoms with Gasteiger partial charge in [0.05, 0.1) is 18.6 Å². The van der Waals surface area contributed by atoms with Crippen molar-refractivity contribution in [2.45, 2.75) is 69.0 Å². The average Bonchev–Trinajstić information content (AvgIpc) is 2.70. The van der Waals surface area contributed by atoms with E-state index in [1.807, 2.05) is 4.90 Å². The average molecular weight is 402 g/mol. The highest BCUT2D eigenvalue weighted by atomic mass is 35.5. The SMILES string of the molecule is CC1CC(O)C([C@H](N)C2CCN(C(=O)C3CCC(CO)NC3)CC2)CC1Cl. The number of piperidine rings is 2. The van der Waals surface area contributed by atoms with Gasteiger partial charge in [0, 0.05) is 43.0 Å². The van der Waals surface area contributed by atoms with Gasteiger partial charge in [-0.2, -0.15) is 0 Å². The Labute approximate surface area is 167 Å². The third-order valence-corrected chi connectivity index (χ3v) is 7.81. The molecule has 7 atom stereocenters. The lowest BCUT2D eigenvalue weighted by molar-refractivity contribution is -0.138. The van der Waals surface area contributed by atoms with Crippen LogP contribution < -0.4 is 11.1 Å². The number of amides is 1. The maximum atomic E-state index is 12.8. The number of likely N-dealkylation sites (tertiary alicyclic amines) is 1. The van der Waals surface area contributed by atoms with Crippen LogP contribution in [-0.2, 0) is 4.79 Å². The molecule has 3 rings (SSSR count). The van der Waals surface area contributed by atoms with Crippen LogP contribution >= 0.6 is 11.6 Å². The first-order valence-electron chi connectivity index (χ1n) is 10.6. The van der Waals surface area contributed by atoms with E-state index in [2.05, 4.69) is 12.2 Å². The predicted octanol–water partition coefficient (Wildman–Crippen LogP) is 0.927. The molecule has 1 amide bonds. The van der Waals surface area contributed by atoms with E-state index < -0.39 is 0 Å². The lowest BCUT2D eigenvalue weighted by Crippen LogP contribution is -2.53. The Morgan fingerprint density at radius 1 is 1.26 bits per heavy atom. The zero-order valence-corrected chi connectivity index (χ0v) is 17.2. The van der Waals surface area contributed by atoms with Crippen molar-refractivity contribution in [1.82, 2.24) is 10.2 Å². The minimum absolute atomic E-state index is 0.0247. The lowest BCUT2D eigenvalue weighted by atomic mass is 9.72. The van der Waals surface area contributed by atoms with Crippen LogP contribution in [0.4, 0.5) is 0 Å². The molecule has 0 aromatic heterocycles. The molecule has 0 bridgehead atoms. The third-order valence-electron chi connectivity index (χ3n) is 7.20. The summed E-state index contributed by atoms with van der Waals surface area (Å²) in [6.07, 6.45) is 4.65. The molecule has 3 fully saturated rings. The number of hydrogen-bond acceptors (Lipinski definition) is 5. The van der Waals surface area contributed by atoms with E-state index in [-0.39, 0.29) is 47.9 Å². The second-order valence-corrected chi connectivity index (χ2v) is 9.56. The molecule has 0 aromatic rings. The summed E-state index contributed by atoms with van der Waals surface area (Å²) < 4.78 is 0. The highest BCUT2D eigenvalue weighted by Gasteiger charge is 2.40. The molecule has 0 radical (unpaired) electrons. The lowest BCUT2D eigenvalue weighted by Gasteiger charge is -2.43. The number of nitrogens with two attached hydrogens (primary N) is 1. The van der Waals surface area contributed by atoms with Crippen molar-refractivity contribution >= 4 is 17.5 Å². The molecule has 2 saturated heterocycles. The third kappa shape index (κ3) is 4.96. The van der Waals surface area contributed by atoms with Gasteiger partial charge in [-0.3, -0.25) is 4.79 Å². The Morgan fingerprint density at radius 3 is 2.56 bits per heavy atom. The standard InChI is InChI=1S/C20H36ClN3O3/c1-12-8-18(26)16(9-17(12)21)19(22)13-4-6-24(7-5-13)20(27)14-2-3-15(11-25)23-10-14/h12-19,23,25-26H,2-11,22H2,1H3/t12?,14?,15?,16?,17?,18?,19-/m1/s1. The summed E-state index contributed by atoms with van der Waals surface area (Å²) in [6.45, 7) is 4.39. The van der Waals surface area contributed by atoms with E-state index in [0.29, 0.717) is 18.4 Å². The van der Waals surface area contributed by atoms with Crippen molar-refractivity contribution < 1.29 is 15.0 Å². The molecule has 7 heteroatoms. The Balaban J connectivity index is 1.47. The molecule has 1 saturated carbocycles. The molecular weight excluding hydrogens is 366 g/mol. The van der Waals surface area contributed by atoms with Crippen molar-refractivity contribution in [2.75, 3.05) is 26.2 Å². The summed E-state index contributed by atoms with van der Waals surface area (Å²) in [6, 6.07) is 0.0841. The van der Waals surface area contributed by atoms with E-state index in [1.54, 1.807) is 0 Å². The van der Waals surface area contributed by atoms with Crippen molar-refractivity contribution in [3.63, 3.8) is 0 Å². The van der Waals surface area contributed by atoms with Crippen molar-refractivity contribution in [3.05, 3.63) is 0 Å². The smallest absolute Gasteiger partial charge is 0.226 e. The first kappa shape index (κ1) is 21.3. The Bertz CT molecular complexity index is 493. The van der Waals surface area contributed by atoms with Crippen molar-refractivity contribution in [3.8, 4) is 0 Å². The number of nitrogens with zero attached hydrogens (tertiary/aromatic N) is 1. The Kier molecular flexibility index (Phi) is 7.42. The molecule has 2 heterocycles. The Morgan fingerprint density at radius 2 is 1.96 bits per heavy atom. The van der Waals surface area contributed by atoms with Gasteiger partial charge in [0.25, 0.3) is 0 Å². The van der Waals surface area contributed by atoms with Gasteiger partial charge in [-0.25, -0.2) is 0 Å².